The van der Waals surface area contributed by atoms with Crippen LogP contribution < -0.4 is 5.32 Å². The van der Waals surface area contributed by atoms with Crippen LogP contribution in [0.4, 0.5) is 5.82 Å². The summed E-state index contributed by atoms with van der Waals surface area (Å²) in [6.07, 6.45) is 4.46. The van der Waals surface area contributed by atoms with Gasteiger partial charge in [0, 0.05) is 24.5 Å². The number of hydrogen-bond donors (Lipinski definition) is 2. The van der Waals surface area contributed by atoms with E-state index < -0.39 is 0 Å². The highest BCUT2D eigenvalue weighted by molar-refractivity contribution is 5.83. The van der Waals surface area contributed by atoms with Crippen LogP contribution in [0.25, 0.3) is 22.6 Å². The highest BCUT2D eigenvalue weighted by Gasteiger charge is 2.12. The van der Waals surface area contributed by atoms with Gasteiger partial charge in [0.15, 0.2) is 17.2 Å². The molecule has 0 bridgehead atoms. The summed E-state index contributed by atoms with van der Waals surface area (Å²) in [7, 11) is 0. The van der Waals surface area contributed by atoms with E-state index in [0.29, 0.717) is 22.8 Å². The first-order valence-electron chi connectivity index (χ1n) is 7.67. The number of nitrogens with zero attached hydrogens (tertiary/aromatic N) is 5. The van der Waals surface area contributed by atoms with Crippen LogP contribution >= 0.6 is 0 Å². The Morgan fingerprint density at radius 3 is 2.58 bits per heavy atom. The molecule has 1 aromatic carbocycles. The Kier molecular flexibility index (Phi) is 3.81. The van der Waals surface area contributed by atoms with Crippen molar-refractivity contribution < 1.29 is 0 Å². The van der Waals surface area contributed by atoms with E-state index in [1.165, 1.54) is 5.56 Å². The summed E-state index contributed by atoms with van der Waals surface area (Å²) in [5.41, 5.74) is 3.35. The summed E-state index contributed by atoms with van der Waals surface area (Å²) in [6, 6.07) is 13.8. The zero-order valence-electron chi connectivity index (χ0n) is 12.8. The van der Waals surface area contributed by atoms with Gasteiger partial charge >= 0.3 is 0 Å². The maximum absolute atomic E-state index is 4.62. The number of pyridine rings is 1. The molecule has 4 rings (SSSR count). The van der Waals surface area contributed by atoms with E-state index in [9.17, 15) is 0 Å². The zero-order chi connectivity index (χ0) is 16.2. The van der Waals surface area contributed by atoms with E-state index in [1.54, 1.807) is 12.4 Å². The molecular weight excluding hydrogens is 302 g/mol. The Morgan fingerprint density at radius 1 is 0.917 bits per heavy atom. The van der Waals surface area contributed by atoms with Gasteiger partial charge in [-0.3, -0.25) is 4.98 Å². The van der Waals surface area contributed by atoms with Crippen LogP contribution in [0, 0.1) is 0 Å². The molecular formula is C17H15N7. The second-order valence-electron chi connectivity index (χ2n) is 5.29. The first-order valence-corrected chi connectivity index (χ1v) is 7.67. The maximum atomic E-state index is 4.62. The number of aromatic amines is 1. The fourth-order valence-corrected chi connectivity index (χ4v) is 2.46. The minimum atomic E-state index is 0.551. The molecule has 3 heterocycles. The summed E-state index contributed by atoms with van der Waals surface area (Å²) in [4.78, 5) is 13.1. The Balaban J connectivity index is 1.60. The minimum Gasteiger partial charge on any atom is -0.368 e. The van der Waals surface area contributed by atoms with Crippen molar-refractivity contribution in [2.24, 2.45) is 0 Å². The van der Waals surface area contributed by atoms with Crippen molar-refractivity contribution in [3.63, 3.8) is 0 Å². The van der Waals surface area contributed by atoms with Crippen LogP contribution in [0.1, 0.15) is 5.56 Å². The normalized spacial score (nSPS) is 10.8. The Hall–Kier alpha value is -3.35. The maximum Gasteiger partial charge on any atom is 0.207 e. The fraction of sp³-hybridized carbons (Fsp3) is 0.118. The minimum absolute atomic E-state index is 0.551. The van der Waals surface area contributed by atoms with Gasteiger partial charge in [0.05, 0.1) is 0 Å². The molecule has 7 nitrogen and oxygen atoms in total. The first-order chi connectivity index (χ1) is 11.9. The molecule has 0 aliphatic rings. The number of aromatic nitrogens is 6. The monoisotopic (exact) mass is 317 g/mol. The number of nitrogens with one attached hydrogen (secondary N) is 2. The summed E-state index contributed by atoms with van der Waals surface area (Å²) >= 11 is 0. The van der Waals surface area contributed by atoms with Crippen LogP contribution in [0.3, 0.4) is 0 Å². The number of benzene rings is 1. The molecule has 0 radical (unpaired) electrons. The van der Waals surface area contributed by atoms with Crippen molar-refractivity contribution in [2.75, 3.05) is 11.9 Å². The predicted octanol–water partition coefficient (Wildman–Crippen LogP) is 2.46. The topological polar surface area (TPSA) is 92.3 Å². The van der Waals surface area contributed by atoms with E-state index in [4.69, 9.17) is 0 Å². The van der Waals surface area contributed by atoms with Crippen LogP contribution in [0.2, 0.25) is 0 Å². The largest absolute Gasteiger partial charge is 0.368 e. The molecule has 3 aromatic heterocycles. The fourth-order valence-electron chi connectivity index (χ4n) is 2.46. The third-order valence-electron chi connectivity index (χ3n) is 3.67. The molecule has 7 heteroatoms. The van der Waals surface area contributed by atoms with Crippen molar-refractivity contribution in [2.45, 2.75) is 6.42 Å². The van der Waals surface area contributed by atoms with Crippen molar-refractivity contribution in [3.05, 3.63) is 60.4 Å². The summed E-state index contributed by atoms with van der Waals surface area (Å²) in [6.45, 7) is 0.733. The molecule has 4 aromatic rings. The molecule has 0 saturated carbocycles. The lowest BCUT2D eigenvalue weighted by atomic mass is 10.2. The molecule has 2 N–H and O–H groups in total. The molecule has 0 amide bonds. The average Bonchev–Trinajstić information content (AvgIpc) is 3.12. The van der Waals surface area contributed by atoms with Gasteiger partial charge in [0.1, 0.15) is 0 Å². The van der Waals surface area contributed by atoms with Crippen LogP contribution in [0.5, 0.6) is 0 Å². The number of H-pyrrole nitrogens is 1. The number of fused-ring (bicyclic) bond motifs is 1. The SMILES string of the molecule is c1ccc(-c2nc(NCCc3ccncc3)c3n[nH]nc3n2)cc1. The zero-order valence-corrected chi connectivity index (χ0v) is 12.8. The Morgan fingerprint density at radius 2 is 1.75 bits per heavy atom. The number of rotatable bonds is 5. The van der Waals surface area contributed by atoms with Gasteiger partial charge < -0.3 is 5.32 Å². The van der Waals surface area contributed by atoms with E-state index in [0.717, 1.165) is 18.5 Å². The molecule has 0 aliphatic heterocycles. The molecule has 0 unspecified atom stereocenters. The summed E-state index contributed by atoms with van der Waals surface area (Å²) in [5, 5.41) is 14.2. The second kappa shape index (κ2) is 6.41. The third kappa shape index (κ3) is 2.91. The molecule has 0 saturated heterocycles. The summed E-state index contributed by atoms with van der Waals surface area (Å²) < 4.78 is 0. The van der Waals surface area contributed by atoms with E-state index in [1.807, 2.05) is 42.5 Å². The smallest absolute Gasteiger partial charge is 0.207 e. The molecule has 0 fully saturated rings. The first kappa shape index (κ1) is 14.3. The predicted molar refractivity (Wildman–Crippen MR) is 91.3 cm³/mol. The van der Waals surface area contributed by atoms with E-state index in [2.05, 4.69) is 35.7 Å². The Labute approximate surface area is 138 Å². The molecule has 118 valence electrons. The second-order valence-corrected chi connectivity index (χ2v) is 5.29. The quantitative estimate of drug-likeness (QED) is 0.587. The van der Waals surface area contributed by atoms with Gasteiger partial charge in [-0.15, -0.1) is 5.10 Å². The molecule has 0 spiro atoms. The molecule has 0 aliphatic carbocycles. The van der Waals surface area contributed by atoms with Gasteiger partial charge in [-0.2, -0.15) is 10.3 Å². The van der Waals surface area contributed by atoms with Crippen LogP contribution in [-0.4, -0.2) is 36.9 Å². The standard InChI is InChI=1S/C17H15N7/c1-2-4-13(5-3-1)15-20-16(14-17(21-15)23-24-22-14)19-11-8-12-6-9-18-10-7-12/h1-7,9-10H,8,11H2,(H2,19,20,21,22,23,24). The van der Waals surface area contributed by atoms with Crippen molar-refractivity contribution in [3.8, 4) is 11.4 Å². The van der Waals surface area contributed by atoms with Gasteiger partial charge in [-0.05, 0) is 24.1 Å². The molecule has 24 heavy (non-hydrogen) atoms. The van der Waals surface area contributed by atoms with Gasteiger partial charge in [0.25, 0.3) is 0 Å². The highest BCUT2D eigenvalue weighted by Crippen LogP contribution is 2.21. The molecule has 0 atom stereocenters. The van der Waals surface area contributed by atoms with Crippen molar-refractivity contribution in [1.82, 2.24) is 30.4 Å². The lowest BCUT2D eigenvalue weighted by Gasteiger charge is -2.08. The van der Waals surface area contributed by atoms with Gasteiger partial charge in [-0.1, -0.05) is 30.3 Å². The number of anilines is 1. The highest BCUT2D eigenvalue weighted by atomic mass is 15.4. The number of hydrogen-bond acceptors (Lipinski definition) is 6. The van der Waals surface area contributed by atoms with Crippen LogP contribution in [0.15, 0.2) is 54.9 Å². The van der Waals surface area contributed by atoms with Gasteiger partial charge in [0.2, 0.25) is 5.65 Å². The van der Waals surface area contributed by atoms with Crippen molar-refractivity contribution >= 4 is 17.0 Å². The van der Waals surface area contributed by atoms with Gasteiger partial charge in [-0.25, -0.2) is 9.97 Å². The Bertz CT molecular complexity index is 935. The van der Waals surface area contributed by atoms with Crippen LogP contribution in [-0.2, 0) is 6.42 Å². The third-order valence-corrected chi connectivity index (χ3v) is 3.67. The average molecular weight is 317 g/mol. The summed E-state index contributed by atoms with van der Waals surface area (Å²) in [5.74, 6) is 1.31. The lowest BCUT2D eigenvalue weighted by molar-refractivity contribution is 0.953. The lowest BCUT2D eigenvalue weighted by Crippen LogP contribution is -2.08. The van der Waals surface area contributed by atoms with Crippen molar-refractivity contribution in [1.29, 1.82) is 0 Å². The van der Waals surface area contributed by atoms with E-state index in [-0.39, 0.29) is 0 Å². The van der Waals surface area contributed by atoms with E-state index >= 15 is 0 Å².